The Kier molecular flexibility index (Phi) is 5.65. The summed E-state index contributed by atoms with van der Waals surface area (Å²) in [6.45, 7) is 4.50. The van der Waals surface area contributed by atoms with Gasteiger partial charge < -0.3 is 18.9 Å². The smallest absolute Gasteiger partial charge is 0.272 e. The Morgan fingerprint density at radius 3 is 2.78 bits per heavy atom. The maximum atomic E-state index is 12.9. The summed E-state index contributed by atoms with van der Waals surface area (Å²) in [7, 11) is 1.79. The van der Waals surface area contributed by atoms with Crippen LogP contribution in [0.4, 0.5) is 0 Å². The fraction of sp³-hybridized carbons (Fsp3) is 0.478. The highest BCUT2D eigenvalue weighted by molar-refractivity contribution is 5.92. The van der Waals surface area contributed by atoms with E-state index in [2.05, 4.69) is 15.2 Å². The Morgan fingerprint density at radius 2 is 2.00 bits per heavy atom. The van der Waals surface area contributed by atoms with Crippen LogP contribution in [-0.4, -0.2) is 63.1 Å². The molecule has 3 aromatic rings. The largest absolute Gasteiger partial charge is 0.488 e. The first-order valence-electron chi connectivity index (χ1n) is 11.1. The molecule has 0 saturated carbocycles. The molecule has 2 fully saturated rings. The Hall–Kier alpha value is -3.20. The maximum Gasteiger partial charge on any atom is 0.272 e. The second-order valence-corrected chi connectivity index (χ2v) is 8.41. The highest BCUT2D eigenvalue weighted by atomic mass is 16.5. The summed E-state index contributed by atoms with van der Waals surface area (Å²) in [5.74, 6) is 2.11. The van der Waals surface area contributed by atoms with Gasteiger partial charge in [0.2, 0.25) is 0 Å². The molecule has 1 amide bonds. The van der Waals surface area contributed by atoms with E-state index in [0.29, 0.717) is 30.4 Å². The second-order valence-electron chi connectivity index (χ2n) is 8.41. The first-order valence-corrected chi connectivity index (χ1v) is 11.1. The van der Waals surface area contributed by atoms with Crippen LogP contribution in [0.1, 0.15) is 47.2 Å². The lowest BCUT2D eigenvalue weighted by molar-refractivity contribution is 0.0761. The minimum Gasteiger partial charge on any atom is -0.488 e. The number of likely N-dealkylation sites (tertiary alicyclic amines) is 1. The van der Waals surface area contributed by atoms with Gasteiger partial charge in [0.15, 0.2) is 5.82 Å². The second kappa shape index (κ2) is 8.74. The summed E-state index contributed by atoms with van der Waals surface area (Å²) in [5, 5.41) is 8.49. The highest BCUT2D eigenvalue weighted by Crippen LogP contribution is 2.33. The van der Waals surface area contributed by atoms with Crippen LogP contribution in [0.5, 0.6) is 5.75 Å². The van der Waals surface area contributed by atoms with Crippen molar-refractivity contribution in [3.8, 4) is 17.2 Å². The van der Waals surface area contributed by atoms with E-state index >= 15 is 0 Å². The van der Waals surface area contributed by atoms with E-state index in [1.165, 1.54) is 0 Å². The van der Waals surface area contributed by atoms with Gasteiger partial charge in [-0.25, -0.2) is 0 Å². The van der Waals surface area contributed by atoms with Crippen LogP contribution in [0.15, 0.2) is 34.9 Å². The molecule has 1 atom stereocenters. The average molecular weight is 438 g/mol. The van der Waals surface area contributed by atoms with E-state index in [1.807, 2.05) is 42.2 Å². The van der Waals surface area contributed by atoms with Crippen molar-refractivity contribution in [2.75, 3.05) is 26.3 Å². The van der Waals surface area contributed by atoms with Gasteiger partial charge in [-0.1, -0.05) is 17.3 Å². The van der Waals surface area contributed by atoms with E-state index in [0.717, 1.165) is 49.6 Å². The summed E-state index contributed by atoms with van der Waals surface area (Å²) in [5.41, 5.74) is 2.19. The Balaban J connectivity index is 1.28. The summed E-state index contributed by atoms with van der Waals surface area (Å²) >= 11 is 0. The number of amides is 1. The summed E-state index contributed by atoms with van der Waals surface area (Å²) in [6.07, 6.45) is 2.46. The van der Waals surface area contributed by atoms with E-state index in [9.17, 15) is 4.79 Å². The lowest BCUT2D eigenvalue weighted by Gasteiger charge is -2.18. The van der Waals surface area contributed by atoms with Crippen LogP contribution in [0.25, 0.3) is 11.5 Å². The van der Waals surface area contributed by atoms with Crippen molar-refractivity contribution >= 4 is 5.91 Å². The van der Waals surface area contributed by atoms with Crippen molar-refractivity contribution in [1.29, 1.82) is 0 Å². The van der Waals surface area contributed by atoms with Gasteiger partial charge in [0.25, 0.3) is 11.8 Å². The minimum absolute atomic E-state index is 0.0227. The molecule has 2 aromatic heterocycles. The van der Waals surface area contributed by atoms with Gasteiger partial charge in [0.1, 0.15) is 17.5 Å². The average Bonchev–Trinajstić information content (AvgIpc) is 3.55. The molecule has 0 aliphatic carbocycles. The lowest BCUT2D eigenvalue weighted by Crippen LogP contribution is -2.32. The molecule has 1 aromatic carbocycles. The van der Waals surface area contributed by atoms with E-state index in [1.54, 1.807) is 11.7 Å². The quantitative estimate of drug-likeness (QED) is 0.605. The summed E-state index contributed by atoms with van der Waals surface area (Å²) < 4.78 is 18.9. The molecule has 2 aliphatic heterocycles. The number of ether oxygens (including phenoxy) is 2. The Labute approximate surface area is 186 Å². The molecule has 0 N–H and O–H groups in total. The molecule has 2 saturated heterocycles. The zero-order chi connectivity index (χ0) is 22.1. The van der Waals surface area contributed by atoms with Gasteiger partial charge in [-0.05, 0) is 38.0 Å². The van der Waals surface area contributed by atoms with Crippen LogP contribution in [0, 0.1) is 6.92 Å². The van der Waals surface area contributed by atoms with Crippen LogP contribution in [0.2, 0.25) is 0 Å². The van der Waals surface area contributed by atoms with Crippen LogP contribution in [-0.2, 0) is 11.8 Å². The molecule has 9 heteroatoms. The monoisotopic (exact) mass is 437 g/mol. The van der Waals surface area contributed by atoms with Gasteiger partial charge in [-0.3, -0.25) is 9.48 Å². The number of rotatable bonds is 5. The third-order valence-corrected chi connectivity index (χ3v) is 6.09. The molecular formula is C23H27N5O4. The number of carbonyl (C=O) groups is 1. The van der Waals surface area contributed by atoms with Crippen molar-refractivity contribution in [3.63, 3.8) is 0 Å². The van der Waals surface area contributed by atoms with Gasteiger partial charge in [0, 0.05) is 39.1 Å². The normalized spacial score (nSPS) is 19.4. The minimum atomic E-state index is -0.104. The molecule has 1 unspecified atom stereocenters. The number of carbonyl (C=O) groups excluding carboxylic acids is 1. The molecule has 168 valence electrons. The highest BCUT2D eigenvalue weighted by Gasteiger charge is 2.31. The van der Waals surface area contributed by atoms with E-state index < -0.39 is 0 Å². The molecule has 5 rings (SSSR count). The molecule has 2 aliphatic rings. The molecule has 0 spiro atoms. The van der Waals surface area contributed by atoms with Crippen molar-refractivity contribution in [2.45, 2.75) is 38.2 Å². The molecule has 9 nitrogen and oxygen atoms in total. The maximum absolute atomic E-state index is 12.9. The number of hydrogen-bond acceptors (Lipinski definition) is 7. The number of hydrogen-bond donors (Lipinski definition) is 0. The van der Waals surface area contributed by atoms with Crippen LogP contribution >= 0.6 is 0 Å². The number of aromatic nitrogens is 4. The van der Waals surface area contributed by atoms with Gasteiger partial charge >= 0.3 is 0 Å². The van der Waals surface area contributed by atoms with Gasteiger partial charge in [-0.15, -0.1) is 0 Å². The first kappa shape index (κ1) is 20.7. The molecule has 0 bridgehead atoms. The third-order valence-electron chi connectivity index (χ3n) is 6.09. The molecule has 0 radical (unpaired) electrons. The Bertz CT molecular complexity index is 1100. The van der Waals surface area contributed by atoms with Crippen molar-refractivity contribution in [3.05, 3.63) is 47.5 Å². The number of aryl methyl sites for hydroxylation is 2. The zero-order valence-electron chi connectivity index (χ0n) is 18.4. The zero-order valence-corrected chi connectivity index (χ0v) is 18.4. The lowest BCUT2D eigenvalue weighted by atomic mass is 10.00. The third kappa shape index (κ3) is 4.12. The van der Waals surface area contributed by atoms with Crippen molar-refractivity contribution in [2.24, 2.45) is 7.05 Å². The van der Waals surface area contributed by atoms with Crippen molar-refractivity contribution < 1.29 is 18.8 Å². The number of nitrogens with zero attached hydrogens (tertiary/aromatic N) is 5. The predicted molar refractivity (Wildman–Crippen MR) is 115 cm³/mol. The topological polar surface area (TPSA) is 95.5 Å². The van der Waals surface area contributed by atoms with E-state index in [-0.39, 0.29) is 17.9 Å². The summed E-state index contributed by atoms with van der Waals surface area (Å²) in [4.78, 5) is 19.4. The van der Waals surface area contributed by atoms with Gasteiger partial charge in [-0.2, -0.15) is 10.1 Å². The summed E-state index contributed by atoms with van der Waals surface area (Å²) in [6, 6.07) is 9.49. The fourth-order valence-corrected chi connectivity index (χ4v) is 4.37. The van der Waals surface area contributed by atoms with Crippen LogP contribution < -0.4 is 4.74 Å². The molecule has 32 heavy (non-hydrogen) atoms. The Morgan fingerprint density at radius 1 is 1.19 bits per heavy atom. The first-order chi connectivity index (χ1) is 15.6. The standard InChI is InChI=1S/C23H27N5O4/c1-15-13-19(27(2)25-15)23(29)28-10-7-17(14-28)31-20-6-4-3-5-18(20)22-24-21(26-32-22)16-8-11-30-12-9-16/h3-6,13,16-17H,7-12,14H2,1-2H3. The fourth-order valence-electron chi connectivity index (χ4n) is 4.37. The number of benzene rings is 1. The number of para-hydroxylation sites is 1. The molecule has 4 heterocycles. The van der Waals surface area contributed by atoms with E-state index in [4.69, 9.17) is 14.0 Å². The predicted octanol–water partition coefficient (Wildman–Crippen LogP) is 2.97. The van der Waals surface area contributed by atoms with Gasteiger partial charge in [0.05, 0.1) is 17.8 Å². The SMILES string of the molecule is Cc1cc(C(=O)N2CCC(Oc3ccccc3-c3nc(C4CCOCC4)no3)C2)n(C)n1. The molecular weight excluding hydrogens is 410 g/mol. The van der Waals surface area contributed by atoms with Crippen LogP contribution in [0.3, 0.4) is 0 Å². The van der Waals surface area contributed by atoms with Crippen molar-refractivity contribution in [1.82, 2.24) is 24.8 Å².